The third-order valence-electron chi connectivity index (χ3n) is 4.64. The van der Waals surface area contributed by atoms with Crippen molar-refractivity contribution in [3.63, 3.8) is 0 Å². The SMILES string of the molecule is C1C2CC3CC1C1C2C31. The summed E-state index contributed by atoms with van der Waals surface area (Å²) in [4.78, 5) is 0. The van der Waals surface area contributed by atoms with E-state index in [4.69, 9.17) is 0 Å². The van der Waals surface area contributed by atoms with Gasteiger partial charge in [0.25, 0.3) is 0 Å². The second-order valence-corrected chi connectivity index (χ2v) is 4.72. The lowest BCUT2D eigenvalue weighted by molar-refractivity contribution is 0.341. The van der Waals surface area contributed by atoms with Gasteiger partial charge in [-0.3, -0.25) is 0 Å². The molecule has 4 rings (SSSR count). The molecule has 0 radical (unpaired) electrons. The first-order valence-corrected chi connectivity index (χ1v) is 4.45. The molecule has 0 aromatic carbocycles. The van der Waals surface area contributed by atoms with Crippen LogP contribution in [0.1, 0.15) is 19.3 Å². The van der Waals surface area contributed by atoms with E-state index in [1.54, 1.807) is 19.3 Å². The second kappa shape index (κ2) is 0.889. The molecule has 4 aliphatic carbocycles. The first kappa shape index (κ1) is 4.00. The molecule has 4 fully saturated rings. The van der Waals surface area contributed by atoms with Crippen molar-refractivity contribution in [1.29, 1.82) is 0 Å². The van der Waals surface area contributed by atoms with Crippen LogP contribution in [0.25, 0.3) is 0 Å². The van der Waals surface area contributed by atoms with Gasteiger partial charge in [0, 0.05) is 0 Å². The van der Waals surface area contributed by atoms with Gasteiger partial charge in [0.05, 0.1) is 0 Å². The normalized spacial score (nSPS) is 80.0. The standard InChI is InChI=1S/C9H12/c1-4-2-6-3-5(1)8-7(4)9(6)8/h4-9H,1-3H2. The van der Waals surface area contributed by atoms with E-state index in [0.29, 0.717) is 0 Å². The molecular formula is C9H12. The lowest BCUT2D eigenvalue weighted by Crippen LogP contribution is -2.06. The Bertz CT molecular complexity index is 131. The first-order valence-electron chi connectivity index (χ1n) is 4.45. The Morgan fingerprint density at radius 2 is 0.889 bits per heavy atom. The minimum Gasteiger partial charge on any atom is -0.0470 e. The summed E-state index contributed by atoms with van der Waals surface area (Å²) < 4.78 is 0. The van der Waals surface area contributed by atoms with Gasteiger partial charge in [-0.25, -0.2) is 0 Å². The number of rotatable bonds is 0. The van der Waals surface area contributed by atoms with Crippen LogP contribution in [0.3, 0.4) is 0 Å². The molecule has 0 aromatic rings. The molecule has 48 valence electrons. The van der Waals surface area contributed by atoms with Crippen molar-refractivity contribution >= 4 is 0 Å². The quantitative estimate of drug-likeness (QED) is 0.458. The van der Waals surface area contributed by atoms with Crippen LogP contribution in [0.15, 0.2) is 0 Å². The predicted molar refractivity (Wildman–Crippen MR) is 34.8 cm³/mol. The van der Waals surface area contributed by atoms with E-state index in [1.165, 1.54) is 35.5 Å². The molecule has 0 heterocycles. The Hall–Kier alpha value is 0. The highest BCUT2D eigenvalue weighted by Crippen LogP contribution is 2.79. The van der Waals surface area contributed by atoms with Crippen molar-refractivity contribution < 1.29 is 0 Å². The van der Waals surface area contributed by atoms with Crippen LogP contribution in [0.4, 0.5) is 0 Å². The molecule has 9 heavy (non-hydrogen) atoms. The highest BCUT2D eigenvalue weighted by atomic mass is 14.8. The molecule has 4 aliphatic rings. The smallest absolute Gasteiger partial charge is 0.0318 e. The summed E-state index contributed by atoms with van der Waals surface area (Å²) in [6.45, 7) is 0. The fourth-order valence-electron chi connectivity index (χ4n) is 4.67. The topological polar surface area (TPSA) is 0 Å². The molecule has 0 amide bonds. The first-order chi connectivity index (χ1) is 4.45. The fraction of sp³-hybridized carbons (Fsp3) is 1.00. The van der Waals surface area contributed by atoms with Gasteiger partial charge in [-0.05, 0) is 54.8 Å². The Balaban J connectivity index is 1.99. The predicted octanol–water partition coefficient (Wildman–Crippen LogP) is 1.91. The van der Waals surface area contributed by atoms with Crippen LogP contribution in [0, 0.1) is 35.5 Å². The summed E-state index contributed by atoms with van der Waals surface area (Å²) in [5, 5.41) is 0. The monoisotopic (exact) mass is 120 g/mol. The molecule has 0 bridgehead atoms. The highest BCUT2D eigenvalue weighted by Gasteiger charge is 2.73. The van der Waals surface area contributed by atoms with Crippen molar-refractivity contribution in [2.45, 2.75) is 19.3 Å². The molecule has 0 nitrogen and oxygen atoms in total. The molecule has 0 heteroatoms. The minimum atomic E-state index is 1.24. The summed E-state index contributed by atoms with van der Waals surface area (Å²) in [6.07, 6.45) is 4.92. The maximum Gasteiger partial charge on any atom is -0.0318 e. The molecule has 0 aliphatic heterocycles. The van der Waals surface area contributed by atoms with Crippen LogP contribution in [-0.4, -0.2) is 0 Å². The molecule has 0 spiro atoms. The average Bonchev–Trinajstić information content (AvgIpc) is 2.39. The van der Waals surface area contributed by atoms with Gasteiger partial charge < -0.3 is 0 Å². The molecular weight excluding hydrogens is 108 g/mol. The zero-order valence-corrected chi connectivity index (χ0v) is 5.59. The molecule has 0 N–H and O–H groups in total. The van der Waals surface area contributed by atoms with E-state index < -0.39 is 0 Å². The lowest BCUT2D eigenvalue weighted by atomic mass is 9.89. The zero-order chi connectivity index (χ0) is 5.59. The van der Waals surface area contributed by atoms with Gasteiger partial charge in [0.2, 0.25) is 0 Å². The minimum absolute atomic E-state index is 1.24. The summed E-state index contributed by atoms with van der Waals surface area (Å²) >= 11 is 0. The van der Waals surface area contributed by atoms with E-state index in [-0.39, 0.29) is 0 Å². The van der Waals surface area contributed by atoms with Crippen LogP contribution in [-0.2, 0) is 0 Å². The maximum atomic E-state index is 1.64. The Morgan fingerprint density at radius 1 is 0.556 bits per heavy atom. The lowest BCUT2D eigenvalue weighted by Gasteiger charge is -2.17. The van der Waals surface area contributed by atoms with Gasteiger partial charge >= 0.3 is 0 Å². The van der Waals surface area contributed by atoms with E-state index in [2.05, 4.69) is 0 Å². The van der Waals surface area contributed by atoms with Crippen LogP contribution >= 0.6 is 0 Å². The number of hydrogen-bond acceptors (Lipinski definition) is 0. The molecule has 4 saturated carbocycles. The van der Waals surface area contributed by atoms with Crippen molar-refractivity contribution in [1.82, 2.24) is 0 Å². The van der Waals surface area contributed by atoms with Crippen molar-refractivity contribution in [3.8, 4) is 0 Å². The van der Waals surface area contributed by atoms with Gasteiger partial charge in [-0.2, -0.15) is 0 Å². The van der Waals surface area contributed by atoms with Gasteiger partial charge in [0.15, 0.2) is 0 Å². The summed E-state index contributed by atoms with van der Waals surface area (Å²) in [6, 6.07) is 0. The Labute approximate surface area is 55.6 Å². The van der Waals surface area contributed by atoms with Crippen molar-refractivity contribution in [3.05, 3.63) is 0 Å². The Kier molecular flexibility index (Phi) is 0.395. The van der Waals surface area contributed by atoms with E-state index in [9.17, 15) is 0 Å². The van der Waals surface area contributed by atoms with Crippen molar-refractivity contribution in [2.24, 2.45) is 35.5 Å². The molecule has 0 unspecified atom stereocenters. The van der Waals surface area contributed by atoms with E-state index >= 15 is 0 Å². The van der Waals surface area contributed by atoms with Crippen LogP contribution < -0.4 is 0 Å². The fourth-order valence-corrected chi connectivity index (χ4v) is 4.67. The number of hydrogen-bond donors (Lipinski definition) is 0. The Morgan fingerprint density at radius 3 is 1.11 bits per heavy atom. The van der Waals surface area contributed by atoms with Gasteiger partial charge in [0.1, 0.15) is 0 Å². The third-order valence-corrected chi connectivity index (χ3v) is 4.64. The van der Waals surface area contributed by atoms with E-state index in [0.717, 1.165) is 0 Å². The molecule has 0 aromatic heterocycles. The van der Waals surface area contributed by atoms with Crippen molar-refractivity contribution in [2.75, 3.05) is 0 Å². The van der Waals surface area contributed by atoms with Gasteiger partial charge in [-0.1, -0.05) is 0 Å². The highest BCUT2D eigenvalue weighted by molar-refractivity contribution is 5.21. The average molecular weight is 120 g/mol. The van der Waals surface area contributed by atoms with Crippen LogP contribution in [0.2, 0.25) is 0 Å². The molecule has 0 atom stereocenters. The van der Waals surface area contributed by atoms with E-state index in [1.807, 2.05) is 0 Å². The van der Waals surface area contributed by atoms with Crippen LogP contribution in [0.5, 0.6) is 0 Å². The summed E-state index contributed by atoms with van der Waals surface area (Å²) in [5.74, 6) is 7.58. The maximum absolute atomic E-state index is 1.64. The van der Waals surface area contributed by atoms with Gasteiger partial charge in [-0.15, -0.1) is 0 Å². The summed E-state index contributed by atoms with van der Waals surface area (Å²) in [7, 11) is 0. The zero-order valence-electron chi connectivity index (χ0n) is 5.59. The largest absolute Gasteiger partial charge is 0.0470 e. The third kappa shape index (κ3) is 0.249. The molecule has 0 saturated heterocycles. The second-order valence-electron chi connectivity index (χ2n) is 4.72. The summed E-state index contributed by atoms with van der Waals surface area (Å²) in [5.41, 5.74) is 0.